The van der Waals surface area contributed by atoms with Crippen LogP contribution in [0.4, 0.5) is 4.39 Å². The van der Waals surface area contributed by atoms with Gasteiger partial charge in [-0.25, -0.2) is 4.39 Å². The molecule has 1 aromatic rings. The molecule has 2 N–H and O–H groups in total. The van der Waals surface area contributed by atoms with Gasteiger partial charge in [0.1, 0.15) is 17.7 Å². The molecule has 0 bridgehead atoms. The summed E-state index contributed by atoms with van der Waals surface area (Å²) in [5.74, 6) is 0.737. The molecule has 0 aliphatic heterocycles. The minimum Gasteiger partial charge on any atom is -0.489 e. The lowest BCUT2D eigenvalue weighted by molar-refractivity contribution is -0.140. The minimum absolute atomic E-state index is 0. The molecule has 0 heterocycles. The summed E-state index contributed by atoms with van der Waals surface area (Å²) in [6.07, 6.45) is 3.86. The van der Waals surface area contributed by atoms with Gasteiger partial charge >= 0.3 is 5.97 Å². The van der Waals surface area contributed by atoms with Gasteiger partial charge in [0.2, 0.25) is 0 Å². The normalized spacial score (nSPS) is 11.9. The second-order valence-electron chi connectivity index (χ2n) is 5.87. The maximum atomic E-state index is 13.2. The predicted octanol–water partition coefficient (Wildman–Crippen LogP) is 3.50. The van der Waals surface area contributed by atoms with Crippen molar-refractivity contribution in [3.05, 3.63) is 30.1 Å². The maximum absolute atomic E-state index is 13.2. The summed E-state index contributed by atoms with van der Waals surface area (Å²) in [6.45, 7) is 3.35. The third-order valence-electron chi connectivity index (χ3n) is 3.85. The number of hydrogen-bond donors (Lipinski definition) is 2. The molecular weight excluding hydrogens is 464 g/mol. The van der Waals surface area contributed by atoms with Crippen LogP contribution in [0.25, 0.3) is 0 Å². The molecule has 0 aromatic heterocycles. The fourth-order valence-corrected chi connectivity index (χ4v) is 2.31. The number of methoxy groups -OCH3 is 1. The van der Waals surface area contributed by atoms with Crippen LogP contribution in [-0.2, 0) is 9.53 Å². The number of hydrogen-bond acceptors (Lipinski definition) is 4. The van der Waals surface area contributed by atoms with E-state index in [1.165, 1.54) is 19.2 Å². The molecule has 0 aliphatic carbocycles. The van der Waals surface area contributed by atoms with Crippen molar-refractivity contribution in [1.29, 1.82) is 0 Å². The Labute approximate surface area is 178 Å². The number of carbonyl (C=O) groups excluding carboxylic acids is 1. The number of nitrogens with one attached hydrogen (secondary N) is 2. The Morgan fingerprint density at radius 3 is 2.67 bits per heavy atom. The minimum atomic E-state index is -0.310. The molecule has 154 valence electrons. The van der Waals surface area contributed by atoms with Crippen LogP contribution in [0.3, 0.4) is 0 Å². The topological polar surface area (TPSA) is 72.0 Å². The van der Waals surface area contributed by atoms with E-state index in [4.69, 9.17) is 4.74 Å². The Balaban J connectivity index is 0.00000676. The molecule has 1 unspecified atom stereocenters. The Hall–Kier alpha value is -1.58. The number of carbonyl (C=O) groups is 1. The first-order valence-corrected chi connectivity index (χ1v) is 9.02. The van der Waals surface area contributed by atoms with E-state index in [9.17, 15) is 9.18 Å². The highest BCUT2D eigenvalue weighted by Crippen LogP contribution is 2.14. The third kappa shape index (κ3) is 11.7. The van der Waals surface area contributed by atoms with Crippen LogP contribution in [0.5, 0.6) is 5.75 Å². The summed E-state index contributed by atoms with van der Waals surface area (Å²) >= 11 is 0. The number of nitrogens with zero attached hydrogens (tertiary/aromatic N) is 1. The van der Waals surface area contributed by atoms with Gasteiger partial charge in [-0.3, -0.25) is 9.79 Å². The number of rotatable bonds is 11. The SMILES string of the molecule is CCC(CNC(=NC)NCCCCCC(=O)OC)Oc1cccc(F)c1.I. The van der Waals surface area contributed by atoms with Crippen LogP contribution in [0.2, 0.25) is 0 Å². The molecule has 0 fully saturated rings. The Morgan fingerprint density at radius 1 is 1.26 bits per heavy atom. The van der Waals surface area contributed by atoms with Gasteiger partial charge in [-0.15, -0.1) is 24.0 Å². The van der Waals surface area contributed by atoms with Crippen molar-refractivity contribution >= 4 is 35.9 Å². The molecule has 0 amide bonds. The summed E-state index contributed by atoms with van der Waals surface area (Å²) in [4.78, 5) is 15.2. The molecule has 1 atom stereocenters. The number of esters is 1. The predicted molar refractivity (Wildman–Crippen MR) is 116 cm³/mol. The number of unbranched alkanes of at least 4 members (excludes halogenated alkanes) is 2. The van der Waals surface area contributed by atoms with Crippen LogP contribution in [-0.4, -0.2) is 45.3 Å². The molecule has 0 aliphatic rings. The second kappa shape index (κ2) is 15.5. The second-order valence-corrected chi connectivity index (χ2v) is 5.87. The fourth-order valence-electron chi connectivity index (χ4n) is 2.31. The van der Waals surface area contributed by atoms with Crippen LogP contribution in [0, 0.1) is 5.82 Å². The molecule has 8 heteroatoms. The lowest BCUT2D eigenvalue weighted by Gasteiger charge is -2.20. The molecule has 0 saturated heterocycles. The van der Waals surface area contributed by atoms with Gasteiger partial charge in [0.25, 0.3) is 0 Å². The summed E-state index contributed by atoms with van der Waals surface area (Å²) < 4.78 is 23.6. The van der Waals surface area contributed by atoms with Gasteiger partial charge in [-0.2, -0.15) is 0 Å². The average molecular weight is 495 g/mol. The van der Waals surface area contributed by atoms with E-state index >= 15 is 0 Å². The van der Waals surface area contributed by atoms with Gasteiger partial charge in [0.05, 0.1) is 13.7 Å². The Morgan fingerprint density at radius 2 is 2.04 bits per heavy atom. The molecule has 1 aromatic carbocycles. The average Bonchev–Trinajstić information content (AvgIpc) is 2.65. The summed E-state index contributed by atoms with van der Waals surface area (Å²) in [7, 11) is 3.11. The third-order valence-corrected chi connectivity index (χ3v) is 3.85. The summed E-state index contributed by atoms with van der Waals surface area (Å²) in [5, 5.41) is 6.45. The standard InChI is InChI=1S/C19H30FN3O3.HI/c1-4-16(26-17-10-8-9-15(20)13-17)14-23-19(21-2)22-12-7-5-6-11-18(24)25-3;/h8-10,13,16H,4-7,11-12,14H2,1-3H3,(H2,21,22,23);1H. The zero-order chi connectivity index (χ0) is 19.2. The van der Waals surface area contributed by atoms with E-state index in [2.05, 4.69) is 20.4 Å². The fraction of sp³-hybridized carbons (Fsp3) is 0.579. The van der Waals surface area contributed by atoms with Gasteiger partial charge in [-0.1, -0.05) is 19.4 Å². The van der Waals surface area contributed by atoms with E-state index in [0.717, 1.165) is 32.2 Å². The lowest BCUT2D eigenvalue weighted by atomic mass is 10.2. The van der Waals surface area contributed by atoms with Gasteiger partial charge in [-0.05, 0) is 31.4 Å². The van der Waals surface area contributed by atoms with E-state index in [1.807, 2.05) is 6.92 Å². The van der Waals surface area contributed by atoms with Gasteiger partial charge in [0, 0.05) is 26.1 Å². The zero-order valence-corrected chi connectivity index (χ0v) is 18.6. The van der Waals surface area contributed by atoms with E-state index in [-0.39, 0.29) is 41.9 Å². The summed E-state index contributed by atoms with van der Waals surface area (Å²) in [5.41, 5.74) is 0. The van der Waals surface area contributed by atoms with Crippen molar-refractivity contribution in [1.82, 2.24) is 10.6 Å². The first-order chi connectivity index (χ1) is 12.6. The molecule has 0 saturated carbocycles. The quantitative estimate of drug-likeness (QED) is 0.162. The number of halogens is 2. The number of ether oxygens (including phenoxy) is 2. The Kier molecular flexibility index (Phi) is 14.6. The highest BCUT2D eigenvalue weighted by Gasteiger charge is 2.10. The van der Waals surface area contributed by atoms with E-state index < -0.39 is 0 Å². The van der Waals surface area contributed by atoms with Crippen molar-refractivity contribution in [2.75, 3.05) is 27.2 Å². The summed E-state index contributed by atoms with van der Waals surface area (Å²) in [6, 6.07) is 6.14. The highest BCUT2D eigenvalue weighted by atomic mass is 127. The van der Waals surface area contributed by atoms with Crippen LogP contribution >= 0.6 is 24.0 Å². The van der Waals surface area contributed by atoms with Crippen LogP contribution in [0.15, 0.2) is 29.3 Å². The molecule has 1 rings (SSSR count). The Bertz CT molecular complexity index is 573. The first kappa shape index (κ1) is 25.4. The first-order valence-electron chi connectivity index (χ1n) is 9.02. The van der Waals surface area contributed by atoms with Crippen molar-refractivity contribution in [2.45, 2.75) is 45.1 Å². The van der Waals surface area contributed by atoms with E-state index in [1.54, 1.807) is 19.2 Å². The molecular formula is C19H31FIN3O3. The van der Waals surface area contributed by atoms with Crippen LogP contribution < -0.4 is 15.4 Å². The number of guanidine groups is 1. The lowest BCUT2D eigenvalue weighted by Crippen LogP contribution is -2.42. The van der Waals surface area contributed by atoms with Crippen molar-refractivity contribution in [3.63, 3.8) is 0 Å². The smallest absolute Gasteiger partial charge is 0.305 e. The van der Waals surface area contributed by atoms with Crippen molar-refractivity contribution < 1.29 is 18.7 Å². The van der Waals surface area contributed by atoms with E-state index in [0.29, 0.717) is 24.7 Å². The van der Waals surface area contributed by atoms with Gasteiger partial charge in [0.15, 0.2) is 5.96 Å². The number of benzene rings is 1. The maximum Gasteiger partial charge on any atom is 0.305 e. The van der Waals surface area contributed by atoms with Crippen LogP contribution in [0.1, 0.15) is 39.0 Å². The zero-order valence-electron chi connectivity index (χ0n) is 16.3. The van der Waals surface area contributed by atoms with Crippen molar-refractivity contribution in [3.8, 4) is 5.75 Å². The largest absolute Gasteiger partial charge is 0.489 e. The monoisotopic (exact) mass is 495 g/mol. The van der Waals surface area contributed by atoms with Crippen molar-refractivity contribution in [2.24, 2.45) is 4.99 Å². The molecule has 27 heavy (non-hydrogen) atoms. The molecule has 0 spiro atoms. The van der Waals surface area contributed by atoms with Gasteiger partial charge < -0.3 is 20.1 Å². The molecule has 0 radical (unpaired) electrons. The highest BCUT2D eigenvalue weighted by molar-refractivity contribution is 14.0. The number of aliphatic imine (C=N–C) groups is 1. The molecule has 6 nitrogen and oxygen atoms in total.